The monoisotopic (exact) mass is 281 g/mol. The Labute approximate surface area is 119 Å². The molecule has 2 N–H and O–H groups in total. The number of para-hydroxylation sites is 2. The van der Waals surface area contributed by atoms with Gasteiger partial charge in [-0.15, -0.1) is 10.2 Å². The number of nitrogens with zero attached hydrogens (tertiary/aromatic N) is 5. The minimum absolute atomic E-state index is 0.163. The Morgan fingerprint density at radius 2 is 2.05 bits per heavy atom. The normalized spacial score (nSPS) is 11.1. The zero-order valence-corrected chi connectivity index (χ0v) is 11.1. The molecule has 0 aliphatic carbocycles. The Morgan fingerprint density at radius 1 is 1.24 bits per heavy atom. The zero-order chi connectivity index (χ0) is 14.7. The van der Waals surface area contributed by atoms with Crippen LogP contribution in [0.15, 0.2) is 40.4 Å². The highest BCUT2D eigenvalue weighted by molar-refractivity contribution is 5.82. The van der Waals surface area contributed by atoms with E-state index < -0.39 is 0 Å². The Morgan fingerprint density at radius 3 is 2.86 bits per heavy atom. The van der Waals surface area contributed by atoms with Crippen LogP contribution in [-0.2, 0) is 0 Å². The van der Waals surface area contributed by atoms with Crippen LogP contribution in [0, 0.1) is 6.92 Å². The highest BCUT2D eigenvalue weighted by Crippen LogP contribution is 2.07. The Balaban J connectivity index is 1.78. The molecule has 0 aliphatic heterocycles. The fourth-order valence-electron chi connectivity index (χ4n) is 1.64. The molecule has 8 heteroatoms. The lowest BCUT2D eigenvalue weighted by atomic mass is 10.3. The molecular weight excluding hydrogens is 270 g/mol. The number of aromatic amines is 1. The highest BCUT2D eigenvalue weighted by atomic mass is 16.1. The Hall–Kier alpha value is -3.16. The molecular formula is C13H11N7O. The van der Waals surface area contributed by atoms with Crippen LogP contribution in [-0.4, -0.2) is 31.4 Å². The summed E-state index contributed by atoms with van der Waals surface area (Å²) in [5.74, 6) is 0.163. The summed E-state index contributed by atoms with van der Waals surface area (Å²) in [4.78, 5) is 22.5. The van der Waals surface area contributed by atoms with Crippen LogP contribution in [0.25, 0.3) is 11.0 Å². The molecule has 0 unspecified atom stereocenters. The van der Waals surface area contributed by atoms with Crippen molar-refractivity contribution in [1.82, 2.24) is 25.1 Å². The summed E-state index contributed by atoms with van der Waals surface area (Å²) in [6, 6.07) is 7.55. The first-order chi connectivity index (χ1) is 10.2. The van der Waals surface area contributed by atoms with Crippen molar-refractivity contribution in [2.45, 2.75) is 6.92 Å². The molecule has 2 aromatic heterocycles. The molecule has 8 nitrogen and oxygen atoms in total. The molecule has 21 heavy (non-hydrogen) atoms. The summed E-state index contributed by atoms with van der Waals surface area (Å²) in [7, 11) is 0. The van der Waals surface area contributed by atoms with Crippen molar-refractivity contribution in [2.75, 3.05) is 5.43 Å². The first kappa shape index (κ1) is 12.9. The molecule has 0 aliphatic rings. The van der Waals surface area contributed by atoms with E-state index in [1.165, 1.54) is 6.21 Å². The number of hydrogen-bond donors (Lipinski definition) is 2. The predicted octanol–water partition coefficient (Wildman–Crippen LogP) is 0.863. The van der Waals surface area contributed by atoms with Gasteiger partial charge in [-0.1, -0.05) is 12.1 Å². The summed E-state index contributed by atoms with van der Waals surface area (Å²) in [5.41, 5.74) is 4.75. The predicted molar refractivity (Wildman–Crippen MR) is 78.1 cm³/mol. The smallest absolute Gasteiger partial charge is 0.274 e. The van der Waals surface area contributed by atoms with Gasteiger partial charge in [-0.25, -0.2) is 10.4 Å². The van der Waals surface area contributed by atoms with E-state index in [-0.39, 0.29) is 11.5 Å². The van der Waals surface area contributed by atoms with E-state index in [4.69, 9.17) is 0 Å². The molecule has 104 valence electrons. The fourth-order valence-corrected chi connectivity index (χ4v) is 1.64. The molecule has 3 rings (SSSR count). The van der Waals surface area contributed by atoms with Crippen LogP contribution < -0.4 is 11.0 Å². The first-order valence-electron chi connectivity index (χ1n) is 6.17. The van der Waals surface area contributed by atoms with E-state index in [0.717, 1.165) is 11.0 Å². The maximum Gasteiger partial charge on any atom is 0.274 e. The summed E-state index contributed by atoms with van der Waals surface area (Å²) < 4.78 is 0. The SMILES string of the molecule is Cc1nnc(N/N=C\c2cnc3ccccc3n2)[nH]c1=O. The largest absolute Gasteiger partial charge is 0.288 e. The quantitative estimate of drug-likeness (QED) is 0.544. The lowest BCUT2D eigenvalue weighted by Gasteiger charge is -1.99. The van der Waals surface area contributed by atoms with Crippen molar-refractivity contribution in [2.24, 2.45) is 5.10 Å². The van der Waals surface area contributed by atoms with Crippen LogP contribution in [0.1, 0.15) is 11.4 Å². The van der Waals surface area contributed by atoms with Gasteiger partial charge in [0.25, 0.3) is 5.56 Å². The van der Waals surface area contributed by atoms with Gasteiger partial charge in [-0.3, -0.25) is 14.8 Å². The van der Waals surface area contributed by atoms with Gasteiger partial charge >= 0.3 is 0 Å². The topological polar surface area (TPSA) is 109 Å². The summed E-state index contributed by atoms with van der Waals surface area (Å²) in [6.07, 6.45) is 3.09. The second-order valence-corrected chi connectivity index (χ2v) is 4.24. The third-order valence-corrected chi connectivity index (χ3v) is 2.70. The molecule has 0 spiro atoms. The maximum absolute atomic E-state index is 11.3. The fraction of sp³-hybridized carbons (Fsp3) is 0.0769. The number of nitrogens with one attached hydrogen (secondary N) is 2. The third kappa shape index (κ3) is 2.89. The molecule has 0 saturated carbocycles. The van der Waals surface area contributed by atoms with Crippen molar-refractivity contribution >= 4 is 23.2 Å². The number of rotatable bonds is 3. The van der Waals surface area contributed by atoms with Crippen LogP contribution in [0.3, 0.4) is 0 Å². The van der Waals surface area contributed by atoms with Crippen molar-refractivity contribution in [1.29, 1.82) is 0 Å². The molecule has 0 amide bonds. The molecule has 1 aromatic carbocycles. The van der Waals surface area contributed by atoms with Gasteiger partial charge in [-0.05, 0) is 19.1 Å². The van der Waals surface area contributed by atoms with Gasteiger partial charge in [0.1, 0.15) is 11.4 Å². The van der Waals surface area contributed by atoms with Gasteiger partial charge in [0, 0.05) is 0 Å². The van der Waals surface area contributed by atoms with Crippen molar-refractivity contribution in [3.63, 3.8) is 0 Å². The third-order valence-electron chi connectivity index (χ3n) is 2.70. The molecule has 0 bridgehead atoms. The zero-order valence-electron chi connectivity index (χ0n) is 11.1. The van der Waals surface area contributed by atoms with E-state index in [0.29, 0.717) is 11.4 Å². The molecule has 2 heterocycles. The van der Waals surface area contributed by atoms with Gasteiger partial charge in [0.2, 0.25) is 5.95 Å². The van der Waals surface area contributed by atoms with Gasteiger partial charge in [0.15, 0.2) is 0 Å². The number of fused-ring (bicyclic) bond motifs is 1. The van der Waals surface area contributed by atoms with E-state index in [1.54, 1.807) is 13.1 Å². The number of aryl methyl sites for hydroxylation is 1. The summed E-state index contributed by atoms with van der Waals surface area (Å²) >= 11 is 0. The average molecular weight is 281 g/mol. The van der Waals surface area contributed by atoms with Gasteiger partial charge < -0.3 is 0 Å². The Kier molecular flexibility index (Phi) is 3.34. The number of aromatic nitrogens is 5. The van der Waals surface area contributed by atoms with E-state index in [1.807, 2.05) is 24.3 Å². The molecule has 0 fully saturated rings. The second-order valence-electron chi connectivity index (χ2n) is 4.24. The van der Waals surface area contributed by atoms with E-state index in [9.17, 15) is 4.79 Å². The van der Waals surface area contributed by atoms with Crippen molar-refractivity contribution in [3.05, 3.63) is 52.2 Å². The van der Waals surface area contributed by atoms with Crippen molar-refractivity contribution < 1.29 is 0 Å². The van der Waals surface area contributed by atoms with Crippen LogP contribution in [0.5, 0.6) is 0 Å². The van der Waals surface area contributed by atoms with E-state index in [2.05, 4.69) is 35.7 Å². The minimum atomic E-state index is -0.312. The Bertz CT molecular complexity index is 872. The van der Waals surface area contributed by atoms with Gasteiger partial charge in [0.05, 0.1) is 23.4 Å². The number of benzene rings is 1. The van der Waals surface area contributed by atoms with Gasteiger partial charge in [-0.2, -0.15) is 5.10 Å². The standard InChI is InChI=1S/C13H11N7O/c1-8-12(21)17-13(20-18-8)19-15-7-9-6-14-10-4-2-3-5-11(10)16-9/h2-7H,1H3,(H2,17,19,20,21)/b15-7-. The number of hydrogen-bond acceptors (Lipinski definition) is 7. The molecule has 0 saturated heterocycles. The lowest BCUT2D eigenvalue weighted by molar-refractivity contribution is 0.897. The number of anilines is 1. The first-order valence-corrected chi connectivity index (χ1v) is 6.17. The summed E-state index contributed by atoms with van der Waals surface area (Å²) in [5, 5.41) is 11.4. The number of hydrazone groups is 1. The van der Waals surface area contributed by atoms with Crippen LogP contribution in [0.4, 0.5) is 5.95 Å². The van der Waals surface area contributed by atoms with Crippen LogP contribution in [0.2, 0.25) is 0 Å². The molecule has 3 aromatic rings. The van der Waals surface area contributed by atoms with Crippen LogP contribution >= 0.6 is 0 Å². The minimum Gasteiger partial charge on any atom is -0.288 e. The lowest BCUT2D eigenvalue weighted by Crippen LogP contribution is -2.15. The molecule has 0 atom stereocenters. The average Bonchev–Trinajstić information content (AvgIpc) is 2.51. The van der Waals surface area contributed by atoms with Crippen molar-refractivity contribution in [3.8, 4) is 0 Å². The summed E-state index contributed by atoms with van der Waals surface area (Å²) in [6.45, 7) is 1.57. The van der Waals surface area contributed by atoms with E-state index >= 15 is 0 Å². The maximum atomic E-state index is 11.3. The molecule has 0 radical (unpaired) electrons. The second kappa shape index (κ2) is 5.45. The number of H-pyrrole nitrogens is 1. The highest BCUT2D eigenvalue weighted by Gasteiger charge is 1.99.